The van der Waals surface area contributed by atoms with Gasteiger partial charge < -0.3 is 10.2 Å². The number of hydrogen-bond acceptors (Lipinski definition) is 3. The zero-order chi connectivity index (χ0) is 16.3. The molecule has 23 heavy (non-hydrogen) atoms. The Morgan fingerprint density at radius 1 is 1.13 bits per heavy atom. The number of amides is 1. The molecular weight excluding hydrogens is 328 g/mol. The molecule has 1 heterocycles. The molecule has 1 N–H and O–H groups in total. The summed E-state index contributed by atoms with van der Waals surface area (Å²) < 4.78 is 0. The Labute approximate surface area is 149 Å². The molecule has 5 heteroatoms. The van der Waals surface area contributed by atoms with E-state index in [-0.39, 0.29) is 5.91 Å². The van der Waals surface area contributed by atoms with Gasteiger partial charge in [-0.2, -0.15) is 0 Å². The Morgan fingerprint density at radius 2 is 1.83 bits per heavy atom. The van der Waals surface area contributed by atoms with Crippen LogP contribution in [0.2, 0.25) is 5.02 Å². The van der Waals surface area contributed by atoms with Crippen LogP contribution >= 0.6 is 23.4 Å². The van der Waals surface area contributed by atoms with Crippen molar-refractivity contribution in [3.8, 4) is 0 Å². The molecule has 2 rings (SSSR count). The number of carbonyl (C=O) groups is 1. The highest BCUT2D eigenvalue weighted by atomic mass is 35.5. The molecule has 1 aromatic carbocycles. The number of nitrogens with one attached hydrogen (secondary N) is 1. The van der Waals surface area contributed by atoms with Crippen LogP contribution in [0.15, 0.2) is 24.3 Å². The molecule has 1 saturated heterocycles. The van der Waals surface area contributed by atoms with Crippen molar-refractivity contribution in [2.24, 2.45) is 0 Å². The molecule has 1 aromatic rings. The second-order valence-electron chi connectivity index (χ2n) is 6.08. The third-order valence-corrected chi connectivity index (χ3v) is 5.34. The topological polar surface area (TPSA) is 32.3 Å². The fraction of sp³-hybridized carbons (Fsp3) is 0.611. The molecule has 128 valence electrons. The summed E-state index contributed by atoms with van der Waals surface area (Å²) in [4.78, 5) is 14.4. The third-order valence-electron chi connectivity index (χ3n) is 4.09. The SMILES string of the molecule is O=C(CSCc1ccc(Cl)cc1)NCCCN1CCCCCC1. The first kappa shape index (κ1) is 18.6. The van der Waals surface area contributed by atoms with E-state index < -0.39 is 0 Å². The van der Waals surface area contributed by atoms with Crippen molar-refractivity contribution in [2.45, 2.75) is 37.9 Å². The van der Waals surface area contributed by atoms with Crippen molar-refractivity contribution in [1.29, 1.82) is 0 Å². The van der Waals surface area contributed by atoms with Crippen molar-refractivity contribution in [1.82, 2.24) is 10.2 Å². The minimum absolute atomic E-state index is 0.139. The van der Waals surface area contributed by atoms with Crippen LogP contribution < -0.4 is 5.32 Å². The Balaban J connectivity index is 1.50. The van der Waals surface area contributed by atoms with E-state index in [0.717, 1.165) is 30.3 Å². The van der Waals surface area contributed by atoms with Crippen molar-refractivity contribution >= 4 is 29.3 Å². The van der Waals surface area contributed by atoms with Gasteiger partial charge in [0.05, 0.1) is 5.75 Å². The number of carbonyl (C=O) groups excluding carboxylic acids is 1. The number of hydrogen-bond donors (Lipinski definition) is 1. The van der Waals surface area contributed by atoms with E-state index in [1.165, 1.54) is 44.3 Å². The molecule has 1 fully saturated rings. The summed E-state index contributed by atoms with van der Waals surface area (Å²) >= 11 is 7.50. The molecule has 0 unspecified atom stereocenters. The number of likely N-dealkylation sites (tertiary alicyclic amines) is 1. The van der Waals surface area contributed by atoms with E-state index >= 15 is 0 Å². The van der Waals surface area contributed by atoms with E-state index in [1.807, 2.05) is 24.3 Å². The Morgan fingerprint density at radius 3 is 2.52 bits per heavy atom. The lowest BCUT2D eigenvalue weighted by molar-refractivity contribution is -0.118. The summed E-state index contributed by atoms with van der Waals surface area (Å²) in [7, 11) is 0. The summed E-state index contributed by atoms with van der Waals surface area (Å²) in [6.07, 6.45) is 6.45. The highest BCUT2D eigenvalue weighted by Gasteiger charge is 2.08. The molecule has 0 saturated carbocycles. The van der Waals surface area contributed by atoms with Crippen LogP contribution in [0.5, 0.6) is 0 Å². The van der Waals surface area contributed by atoms with Crippen molar-refractivity contribution in [3.05, 3.63) is 34.9 Å². The molecule has 0 spiro atoms. The Hall–Kier alpha value is -0.710. The van der Waals surface area contributed by atoms with Crippen molar-refractivity contribution in [3.63, 3.8) is 0 Å². The van der Waals surface area contributed by atoms with Gasteiger partial charge in [-0.05, 0) is 56.6 Å². The average Bonchev–Trinajstić information content (AvgIpc) is 2.82. The quantitative estimate of drug-likeness (QED) is 0.717. The van der Waals surface area contributed by atoms with Crippen LogP contribution in [0, 0.1) is 0 Å². The van der Waals surface area contributed by atoms with E-state index in [1.54, 1.807) is 11.8 Å². The van der Waals surface area contributed by atoms with Gasteiger partial charge in [0.25, 0.3) is 0 Å². The lowest BCUT2D eigenvalue weighted by atomic mass is 10.2. The average molecular weight is 355 g/mol. The van der Waals surface area contributed by atoms with Gasteiger partial charge in [-0.15, -0.1) is 11.8 Å². The summed E-state index contributed by atoms with van der Waals surface area (Å²) in [5.41, 5.74) is 1.20. The van der Waals surface area contributed by atoms with Crippen LogP contribution in [-0.4, -0.2) is 42.7 Å². The fourth-order valence-corrected chi connectivity index (χ4v) is 3.73. The summed E-state index contributed by atoms with van der Waals surface area (Å²) in [5.74, 6) is 1.50. The van der Waals surface area contributed by atoms with Crippen LogP contribution in [0.1, 0.15) is 37.7 Å². The molecule has 1 aliphatic rings. The van der Waals surface area contributed by atoms with Gasteiger partial charge in [-0.25, -0.2) is 0 Å². The minimum Gasteiger partial charge on any atom is -0.355 e. The van der Waals surface area contributed by atoms with Crippen molar-refractivity contribution < 1.29 is 4.79 Å². The first-order valence-electron chi connectivity index (χ1n) is 8.55. The van der Waals surface area contributed by atoms with E-state index in [2.05, 4.69) is 10.2 Å². The molecule has 3 nitrogen and oxygen atoms in total. The molecule has 1 aliphatic heterocycles. The second kappa shape index (κ2) is 11.0. The second-order valence-corrected chi connectivity index (χ2v) is 7.50. The molecular formula is C18H27ClN2OS. The van der Waals surface area contributed by atoms with E-state index in [9.17, 15) is 4.79 Å². The van der Waals surface area contributed by atoms with Crippen LogP contribution in [-0.2, 0) is 10.5 Å². The number of halogens is 1. The van der Waals surface area contributed by atoms with Gasteiger partial charge in [0, 0.05) is 17.3 Å². The standard InChI is InChI=1S/C18H27ClN2OS/c19-17-8-6-16(7-9-17)14-23-15-18(22)20-10-5-13-21-11-3-1-2-4-12-21/h6-9H,1-5,10-15H2,(H,20,22). The maximum Gasteiger partial charge on any atom is 0.230 e. The molecule has 0 bridgehead atoms. The van der Waals surface area contributed by atoms with Crippen LogP contribution in [0.25, 0.3) is 0 Å². The summed E-state index contributed by atoms with van der Waals surface area (Å²) in [6.45, 7) is 4.35. The normalized spacial score (nSPS) is 16.0. The van der Waals surface area contributed by atoms with Crippen LogP contribution in [0.4, 0.5) is 0 Å². The molecule has 0 radical (unpaired) electrons. The smallest absolute Gasteiger partial charge is 0.230 e. The predicted octanol–water partition coefficient (Wildman–Crippen LogP) is 3.96. The Kier molecular flexibility index (Phi) is 8.87. The number of benzene rings is 1. The first-order chi connectivity index (χ1) is 11.2. The zero-order valence-electron chi connectivity index (χ0n) is 13.7. The Bertz CT molecular complexity index is 459. The van der Waals surface area contributed by atoms with Gasteiger partial charge in [-0.3, -0.25) is 4.79 Å². The fourth-order valence-electron chi connectivity index (χ4n) is 2.78. The maximum absolute atomic E-state index is 11.8. The van der Waals surface area contributed by atoms with Crippen molar-refractivity contribution in [2.75, 3.05) is 31.9 Å². The van der Waals surface area contributed by atoms with Gasteiger partial charge >= 0.3 is 0 Å². The van der Waals surface area contributed by atoms with Crippen LogP contribution in [0.3, 0.4) is 0 Å². The maximum atomic E-state index is 11.8. The minimum atomic E-state index is 0.139. The van der Waals surface area contributed by atoms with E-state index in [4.69, 9.17) is 11.6 Å². The zero-order valence-corrected chi connectivity index (χ0v) is 15.3. The summed E-state index contributed by atoms with van der Waals surface area (Å²) in [5, 5.41) is 3.78. The van der Waals surface area contributed by atoms with E-state index in [0.29, 0.717) is 5.75 Å². The monoisotopic (exact) mass is 354 g/mol. The number of nitrogens with zero attached hydrogens (tertiary/aromatic N) is 1. The largest absolute Gasteiger partial charge is 0.355 e. The highest BCUT2D eigenvalue weighted by Crippen LogP contribution is 2.15. The lowest BCUT2D eigenvalue weighted by Crippen LogP contribution is -2.31. The van der Waals surface area contributed by atoms with Gasteiger partial charge in [0.2, 0.25) is 5.91 Å². The van der Waals surface area contributed by atoms with Gasteiger partial charge in [0.1, 0.15) is 0 Å². The van der Waals surface area contributed by atoms with Gasteiger partial charge in [-0.1, -0.05) is 36.6 Å². The first-order valence-corrected chi connectivity index (χ1v) is 10.1. The molecule has 0 aromatic heterocycles. The predicted molar refractivity (Wildman–Crippen MR) is 100 cm³/mol. The van der Waals surface area contributed by atoms with Gasteiger partial charge in [0.15, 0.2) is 0 Å². The molecule has 0 atom stereocenters. The lowest BCUT2D eigenvalue weighted by Gasteiger charge is -2.19. The molecule has 1 amide bonds. The number of thioether (sulfide) groups is 1. The summed E-state index contributed by atoms with van der Waals surface area (Å²) in [6, 6.07) is 7.80. The molecule has 0 aliphatic carbocycles. The third kappa shape index (κ3) is 8.09. The number of rotatable bonds is 8. The highest BCUT2D eigenvalue weighted by molar-refractivity contribution is 7.99.